The van der Waals surface area contributed by atoms with Crippen molar-refractivity contribution in [2.45, 2.75) is 44.1 Å². The van der Waals surface area contributed by atoms with Gasteiger partial charge in [0.15, 0.2) is 0 Å². The topological polar surface area (TPSA) is 120 Å². The Morgan fingerprint density at radius 3 is 2.21 bits per heavy atom. The van der Waals surface area contributed by atoms with Crippen LogP contribution in [0.5, 0.6) is 0 Å². The molecule has 0 saturated carbocycles. The molecule has 0 heterocycles. The van der Waals surface area contributed by atoms with E-state index in [1.165, 1.54) is 12.5 Å². The highest BCUT2D eigenvalue weighted by Crippen LogP contribution is 2.23. The molecule has 3 amide bonds. The van der Waals surface area contributed by atoms with Gasteiger partial charge in [-0.1, -0.05) is 30.3 Å². The average Bonchev–Trinajstić information content (AvgIpc) is 2.65. The quantitative estimate of drug-likeness (QED) is 0.299. The molecule has 1 aromatic carbocycles. The molecule has 0 radical (unpaired) electrons. The van der Waals surface area contributed by atoms with Crippen LogP contribution in [0.1, 0.15) is 18.9 Å². The number of hydroxylamine groups is 1. The first kappa shape index (κ1) is 23.4. The van der Waals surface area contributed by atoms with Crippen LogP contribution < -0.4 is 21.4 Å². The lowest BCUT2D eigenvalue weighted by molar-refractivity contribution is -0.165. The molecule has 0 aliphatic rings. The lowest BCUT2D eigenvalue weighted by atomic mass is 10.0. The molecule has 0 saturated heterocycles. The van der Waals surface area contributed by atoms with E-state index in [1.807, 2.05) is 5.32 Å². The third kappa shape index (κ3) is 7.53. The molecule has 0 aliphatic carbocycles. The van der Waals surface area contributed by atoms with Crippen molar-refractivity contribution in [2.75, 3.05) is 7.05 Å². The molecular weight excluding hydrogens is 381 g/mol. The van der Waals surface area contributed by atoms with Crippen molar-refractivity contribution in [3.63, 3.8) is 0 Å². The fraction of sp³-hybridized carbons (Fsp3) is 0.471. The van der Waals surface area contributed by atoms with E-state index < -0.39 is 48.4 Å². The summed E-state index contributed by atoms with van der Waals surface area (Å²) in [6.07, 6.45) is -5.78. The van der Waals surface area contributed by atoms with Crippen LogP contribution in [-0.2, 0) is 20.8 Å². The first-order chi connectivity index (χ1) is 13.1. The summed E-state index contributed by atoms with van der Waals surface area (Å²) in [5.41, 5.74) is 1.95. The van der Waals surface area contributed by atoms with Gasteiger partial charge in [0, 0.05) is 13.5 Å². The second-order valence-corrected chi connectivity index (χ2v) is 6.09. The largest absolute Gasteiger partial charge is 0.404 e. The van der Waals surface area contributed by atoms with Crippen LogP contribution >= 0.6 is 0 Å². The van der Waals surface area contributed by atoms with Gasteiger partial charge in [0.25, 0.3) is 5.91 Å². The van der Waals surface area contributed by atoms with Crippen molar-refractivity contribution in [2.24, 2.45) is 0 Å². The van der Waals surface area contributed by atoms with E-state index in [0.717, 1.165) is 12.5 Å². The second-order valence-electron chi connectivity index (χ2n) is 6.09. The van der Waals surface area contributed by atoms with Crippen molar-refractivity contribution in [1.29, 1.82) is 0 Å². The zero-order valence-electron chi connectivity index (χ0n) is 15.3. The molecule has 0 unspecified atom stereocenters. The number of carbonyl (C=O) groups excluding carboxylic acids is 3. The Labute approximate surface area is 159 Å². The summed E-state index contributed by atoms with van der Waals surface area (Å²) in [4.78, 5) is 35.4. The van der Waals surface area contributed by atoms with Crippen LogP contribution in [0.25, 0.3) is 0 Å². The highest BCUT2D eigenvalue weighted by Gasteiger charge is 2.42. The molecule has 11 heteroatoms. The SMILES string of the molecule is CNC(=O)[C@H](Cc1ccccc1)NC(=O)C[C@H](N[C@@H](C)C(=O)NO)C(F)(F)F. The van der Waals surface area contributed by atoms with Gasteiger partial charge >= 0.3 is 6.18 Å². The minimum Gasteiger partial charge on any atom is -0.357 e. The van der Waals surface area contributed by atoms with E-state index >= 15 is 0 Å². The minimum absolute atomic E-state index is 0.0969. The Hall–Kier alpha value is -2.66. The molecule has 8 nitrogen and oxygen atoms in total. The molecule has 1 aromatic rings. The highest BCUT2D eigenvalue weighted by atomic mass is 19.4. The van der Waals surface area contributed by atoms with Crippen LogP contribution in [0.4, 0.5) is 13.2 Å². The fourth-order valence-corrected chi connectivity index (χ4v) is 2.42. The number of halogens is 3. The average molecular weight is 404 g/mol. The summed E-state index contributed by atoms with van der Waals surface area (Å²) in [5, 5.41) is 15.1. The van der Waals surface area contributed by atoms with Gasteiger partial charge in [-0.15, -0.1) is 0 Å². The van der Waals surface area contributed by atoms with E-state index in [2.05, 4.69) is 10.6 Å². The number of benzene rings is 1. The summed E-state index contributed by atoms with van der Waals surface area (Å²) >= 11 is 0. The van der Waals surface area contributed by atoms with Crippen LogP contribution in [0.3, 0.4) is 0 Å². The maximum Gasteiger partial charge on any atom is 0.404 e. The molecule has 5 N–H and O–H groups in total. The number of hydrogen-bond acceptors (Lipinski definition) is 5. The number of nitrogens with one attached hydrogen (secondary N) is 4. The van der Waals surface area contributed by atoms with Crippen molar-refractivity contribution in [1.82, 2.24) is 21.4 Å². The van der Waals surface area contributed by atoms with Crippen LogP contribution in [0.2, 0.25) is 0 Å². The number of rotatable bonds is 9. The van der Waals surface area contributed by atoms with Gasteiger partial charge in [0.1, 0.15) is 12.1 Å². The molecule has 0 aliphatic heterocycles. The lowest BCUT2D eigenvalue weighted by Gasteiger charge is -2.25. The number of amides is 3. The van der Waals surface area contributed by atoms with Gasteiger partial charge in [-0.3, -0.25) is 24.9 Å². The van der Waals surface area contributed by atoms with Crippen LogP contribution in [-0.4, -0.2) is 54.3 Å². The molecule has 0 aromatic heterocycles. The fourth-order valence-electron chi connectivity index (χ4n) is 2.42. The van der Waals surface area contributed by atoms with Crippen LogP contribution in [0, 0.1) is 0 Å². The first-order valence-corrected chi connectivity index (χ1v) is 8.40. The smallest absolute Gasteiger partial charge is 0.357 e. The first-order valence-electron chi connectivity index (χ1n) is 8.40. The van der Waals surface area contributed by atoms with Crippen molar-refractivity contribution in [3.8, 4) is 0 Å². The molecule has 28 heavy (non-hydrogen) atoms. The maximum atomic E-state index is 13.2. The number of likely N-dealkylation sites (N-methyl/N-ethyl adjacent to an activating group) is 1. The monoisotopic (exact) mass is 404 g/mol. The Morgan fingerprint density at radius 2 is 1.71 bits per heavy atom. The Morgan fingerprint density at radius 1 is 1.11 bits per heavy atom. The predicted molar refractivity (Wildman–Crippen MR) is 93.1 cm³/mol. The lowest BCUT2D eigenvalue weighted by Crippen LogP contribution is -2.54. The number of carbonyl (C=O) groups is 3. The van der Waals surface area contributed by atoms with Gasteiger partial charge in [-0.05, 0) is 12.5 Å². The minimum atomic E-state index is -4.83. The number of hydrogen-bond donors (Lipinski definition) is 5. The summed E-state index contributed by atoms with van der Waals surface area (Å²) < 4.78 is 39.6. The third-order valence-electron chi connectivity index (χ3n) is 3.92. The van der Waals surface area contributed by atoms with Gasteiger partial charge in [0.05, 0.1) is 12.5 Å². The van der Waals surface area contributed by atoms with E-state index in [9.17, 15) is 27.6 Å². The Kier molecular flexibility index (Phi) is 8.86. The number of alkyl halides is 3. The molecule has 3 atom stereocenters. The molecular formula is C17H23F3N4O4. The van der Waals surface area contributed by atoms with Gasteiger partial charge in [-0.2, -0.15) is 13.2 Å². The third-order valence-corrected chi connectivity index (χ3v) is 3.92. The Balaban J connectivity index is 2.83. The van der Waals surface area contributed by atoms with Crippen molar-refractivity contribution in [3.05, 3.63) is 35.9 Å². The molecule has 0 fully saturated rings. The standard InChI is InChI=1S/C17H23F3N4O4/c1-10(15(26)24-28)22-13(17(18,19)20)9-14(25)23-12(16(27)21-2)8-11-6-4-3-5-7-11/h3-7,10,12-13,22,28H,8-9H2,1-2H3,(H,21,27)(H,23,25)(H,24,26)/t10-,12-,13-/m0/s1. The maximum absolute atomic E-state index is 13.2. The molecule has 0 spiro atoms. The van der Waals surface area contributed by atoms with Crippen molar-refractivity contribution >= 4 is 17.7 Å². The van der Waals surface area contributed by atoms with Gasteiger partial charge in [-0.25, -0.2) is 5.48 Å². The van der Waals surface area contributed by atoms with E-state index in [4.69, 9.17) is 5.21 Å². The molecule has 1 rings (SSSR count). The highest BCUT2D eigenvalue weighted by molar-refractivity contribution is 5.88. The predicted octanol–water partition coefficient (Wildman–Crippen LogP) is 0.264. The van der Waals surface area contributed by atoms with Gasteiger partial charge in [0.2, 0.25) is 11.8 Å². The van der Waals surface area contributed by atoms with E-state index in [-0.39, 0.29) is 6.42 Å². The van der Waals surface area contributed by atoms with Gasteiger partial charge < -0.3 is 10.6 Å². The normalized spacial score (nSPS) is 14.5. The zero-order valence-corrected chi connectivity index (χ0v) is 15.3. The summed E-state index contributed by atoms with van der Waals surface area (Å²) in [6, 6.07) is 3.86. The second kappa shape index (κ2) is 10.6. The molecule has 0 bridgehead atoms. The molecule has 156 valence electrons. The zero-order chi connectivity index (χ0) is 21.3. The van der Waals surface area contributed by atoms with Crippen LogP contribution in [0.15, 0.2) is 30.3 Å². The van der Waals surface area contributed by atoms with E-state index in [0.29, 0.717) is 0 Å². The van der Waals surface area contributed by atoms with E-state index in [1.54, 1.807) is 30.3 Å². The summed E-state index contributed by atoms with van der Waals surface area (Å²) in [7, 11) is 1.35. The summed E-state index contributed by atoms with van der Waals surface area (Å²) in [5.74, 6) is -2.65. The summed E-state index contributed by atoms with van der Waals surface area (Å²) in [6.45, 7) is 1.10. The van der Waals surface area contributed by atoms with Crippen molar-refractivity contribution < 1.29 is 32.8 Å². The Bertz CT molecular complexity index is 670.